The summed E-state index contributed by atoms with van der Waals surface area (Å²) in [5.41, 5.74) is 7.46. The van der Waals surface area contributed by atoms with E-state index >= 15 is 0 Å². The van der Waals surface area contributed by atoms with Crippen LogP contribution in [0, 0.1) is 11.3 Å². The lowest BCUT2D eigenvalue weighted by molar-refractivity contribution is 1.00. The van der Waals surface area contributed by atoms with Gasteiger partial charge in [-0.05, 0) is 30.2 Å². The summed E-state index contributed by atoms with van der Waals surface area (Å²) in [5, 5.41) is 13.4. The predicted molar refractivity (Wildman–Crippen MR) is 82.0 cm³/mol. The lowest BCUT2D eigenvalue weighted by atomic mass is 10.1. The summed E-state index contributed by atoms with van der Waals surface area (Å²) >= 11 is 11.9. The molecule has 0 fully saturated rings. The minimum Gasteiger partial charge on any atom is -0.397 e. The topological polar surface area (TPSA) is 74.7 Å². The van der Waals surface area contributed by atoms with Crippen molar-refractivity contribution in [2.45, 2.75) is 6.42 Å². The van der Waals surface area contributed by atoms with Crippen LogP contribution in [-0.2, 0) is 6.42 Å². The molecule has 0 amide bonds. The van der Waals surface area contributed by atoms with Crippen LogP contribution in [0.25, 0.3) is 0 Å². The molecule has 1 heterocycles. The first-order valence-corrected chi connectivity index (χ1v) is 6.69. The number of anilines is 2. The molecule has 3 N–H and O–H groups in total. The predicted octanol–water partition coefficient (Wildman–Crippen LogP) is 3.50. The number of hydrogen-bond donors (Lipinski definition) is 2. The van der Waals surface area contributed by atoms with E-state index in [9.17, 15) is 0 Å². The highest BCUT2D eigenvalue weighted by molar-refractivity contribution is 6.35. The van der Waals surface area contributed by atoms with Crippen molar-refractivity contribution in [3.8, 4) is 6.07 Å². The van der Waals surface area contributed by atoms with Gasteiger partial charge in [0.1, 0.15) is 11.9 Å². The third-order valence-corrected chi connectivity index (χ3v) is 3.32. The number of rotatable bonds is 4. The number of nitrogens with two attached hydrogens (primary N) is 1. The molecule has 2 aromatic rings. The van der Waals surface area contributed by atoms with Gasteiger partial charge in [-0.3, -0.25) is 0 Å². The number of nitrogens with zero attached hydrogens (tertiary/aromatic N) is 2. The lowest BCUT2D eigenvalue weighted by Gasteiger charge is -2.09. The van der Waals surface area contributed by atoms with E-state index in [0.29, 0.717) is 40.1 Å². The van der Waals surface area contributed by atoms with Crippen molar-refractivity contribution in [3.05, 3.63) is 51.6 Å². The Morgan fingerprint density at radius 2 is 2.10 bits per heavy atom. The molecule has 0 bridgehead atoms. The van der Waals surface area contributed by atoms with Crippen molar-refractivity contribution in [2.75, 3.05) is 17.6 Å². The van der Waals surface area contributed by atoms with Gasteiger partial charge in [-0.15, -0.1) is 0 Å². The smallest absolute Gasteiger partial charge is 0.144 e. The van der Waals surface area contributed by atoms with Crippen LogP contribution in [0.2, 0.25) is 10.0 Å². The molecule has 0 saturated heterocycles. The average Bonchev–Trinajstić information content (AvgIpc) is 2.42. The van der Waals surface area contributed by atoms with Gasteiger partial charge < -0.3 is 11.1 Å². The van der Waals surface area contributed by atoms with Crippen LogP contribution in [0.3, 0.4) is 0 Å². The molecule has 20 heavy (non-hydrogen) atoms. The van der Waals surface area contributed by atoms with Gasteiger partial charge in [-0.2, -0.15) is 5.26 Å². The first-order chi connectivity index (χ1) is 9.60. The maximum atomic E-state index is 9.01. The molecule has 0 spiro atoms. The van der Waals surface area contributed by atoms with Crippen molar-refractivity contribution in [3.63, 3.8) is 0 Å². The highest BCUT2D eigenvalue weighted by Gasteiger charge is 2.05. The van der Waals surface area contributed by atoms with Crippen molar-refractivity contribution in [1.29, 1.82) is 5.26 Å². The molecule has 1 aromatic heterocycles. The zero-order valence-electron chi connectivity index (χ0n) is 10.5. The first kappa shape index (κ1) is 14.4. The molecule has 4 nitrogen and oxygen atoms in total. The Bertz CT molecular complexity index is 665. The molecule has 0 radical (unpaired) electrons. The Hall–Kier alpha value is -1.96. The van der Waals surface area contributed by atoms with Gasteiger partial charge in [0, 0.05) is 16.6 Å². The van der Waals surface area contributed by atoms with Gasteiger partial charge in [0.25, 0.3) is 0 Å². The first-order valence-electron chi connectivity index (χ1n) is 5.93. The van der Waals surface area contributed by atoms with E-state index in [1.165, 1.54) is 6.20 Å². The summed E-state index contributed by atoms with van der Waals surface area (Å²) in [5.74, 6) is 0.520. The Labute approximate surface area is 127 Å². The third-order valence-electron chi connectivity index (χ3n) is 2.73. The molecule has 6 heteroatoms. The molecule has 0 aliphatic carbocycles. The van der Waals surface area contributed by atoms with Crippen LogP contribution in [0.15, 0.2) is 30.5 Å². The number of nitrogen functional groups attached to an aromatic ring is 1. The second-order valence-electron chi connectivity index (χ2n) is 4.19. The zero-order chi connectivity index (χ0) is 14.5. The van der Waals surface area contributed by atoms with Crippen molar-refractivity contribution in [1.82, 2.24) is 4.98 Å². The lowest BCUT2D eigenvalue weighted by Crippen LogP contribution is -2.08. The molecule has 0 saturated carbocycles. The van der Waals surface area contributed by atoms with Crippen molar-refractivity contribution in [2.24, 2.45) is 0 Å². The molecular weight excluding hydrogens is 295 g/mol. The normalized spacial score (nSPS) is 10.1. The number of benzene rings is 1. The quantitative estimate of drug-likeness (QED) is 0.906. The molecule has 102 valence electrons. The minimum atomic E-state index is 0.423. The standard InChI is InChI=1S/C14H12Cl2N4/c15-11-2-1-9(13(16)6-11)3-4-19-14-10(7-17)5-12(18)8-20-14/h1-2,5-6,8H,3-4,18H2,(H,19,20). The van der Waals surface area contributed by atoms with Gasteiger partial charge in [-0.1, -0.05) is 29.3 Å². The number of nitriles is 1. The van der Waals surface area contributed by atoms with Gasteiger partial charge in [0.05, 0.1) is 17.4 Å². The summed E-state index contributed by atoms with van der Waals surface area (Å²) in [7, 11) is 0. The number of nitrogens with one attached hydrogen (secondary N) is 1. The summed E-state index contributed by atoms with van der Waals surface area (Å²) in [6.45, 7) is 0.604. The van der Waals surface area contributed by atoms with Gasteiger partial charge in [0.2, 0.25) is 0 Å². The van der Waals surface area contributed by atoms with E-state index in [2.05, 4.69) is 16.4 Å². The van der Waals surface area contributed by atoms with Crippen LogP contribution in [-0.4, -0.2) is 11.5 Å². The second-order valence-corrected chi connectivity index (χ2v) is 5.03. The van der Waals surface area contributed by atoms with E-state index in [0.717, 1.165) is 5.56 Å². The fourth-order valence-electron chi connectivity index (χ4n) is 1.75. The largest absolute Gasteiger partial charge is 0.397 e. The monoisotopic (exact) mass is 306 g/mol. The minimum absolute atomic E-state index is 0.423. The summed E-state index contributed by atoms with van der Waals surface area (Å²) in [4.78, 5) is 4.10. The fourth-order valence-corrected chi connectivity index (χ4v) is 2.25. The number of pyridine rings is 1. The fraction of sp³-hybridized carbons (Fsp3) is 0.143. The maximum Gasteiger partial charge on any atom is 0.144 e. The summed E-state index contributed by atoms with van der Waals surface area (Å²) in [6, 6.07) is 9.03. The summed E-state index contributed by atoms with van der Waals surface area (Å²) < 4.78 is 0. The Kier molecular flexibility index (Phi) is 4.67. The van der Waals surface area contributed by atoms with Gasteiger partial charge in [-0.25, -0.2) is 4.98 Å². The maximum absolute atomic E-state index is 9.01. The second kappa shape index (κ2) is 6.47. The Balaban J connectivity index is 2.01. The van der Waals surface area contributed by atoms with Crippen molar-refractivity contribution >= 4 is 34.7 Å². The molecule has 2 rings (SSSR count). The number of aromatic nitrogens is 1. The van der Waals surface area contributed by atoms with Crippen LogP contribution in [0.5, 0.6) is 0 Å². The summed E-state index contributed by atoms with van der Waals surface area (Å²) in [6.07, 6.45) is 2.21. The Morgan fingerprint density at radius 3 is 2.80 bits per heavy atom. The van der Waals surface area contributed by atoms with E-state index < -0.39 is 0 Å². The molecule has 0 aliphatic heterocycles. The molecule has 0 aliphatic rings. The molecular formula is C14H12Cl2N4. The van der Waals surface area contributed by atoms with Crippen LogP contribution >= 0.6 is 23.2 Å². The molecule has 1 aromatic carbocycles. The van der Waals surface area contributed by atoms with Gasteiger partial charge >= 0.3 is 0 Å². The van der Waals surface area contributed by atoms with E-state index in [4.69, 9.17) is 34.2 Å². The SMILES string of the molecule is N#Cc1cc(N)cnc1NCCc1ccc(Cl)cc1Cl. The highest BCUT2D eigenvalue weighted by Crippen LogP contribution is 2.21. The van der Waals surface area contributed by atoms with E-state index in [-0.39, 0.29) is 0 Å². The van der Waals surface area contributed by atoms with E-state index in [1.807, 2.05) is 6.07 Å². The van der Waals surface area contributed by atoms with Gasteiger partial charge in [0.15, 0.2) is 0 Å². The zero-order valence-corrected chi connectivity index (χ0v) is 12.0. The number of halogens is 2. The molecule has 0 atom stereocenters. The number of hydrogen-bond acceptors (Lipinski definition) is 4. The van der Waals surface area contributed by atoms with Crippen LogP contribution < -0.4 is 11.1 Å². The third kappa shape index (κ3) is 3.53. The van der Waals surface area contributed by atoms with Crippen LogP contribution in [0.1, 0.15) is 11.1 Å². The average molecular weight is 307 g/mol. The van der Waals surface area contributed by atoms with E-state index in [1.54, 1.807) is 18.2 Å². The van der Waals surface area contributed by atoms with Crippen LogP contribution in [0.4, 0.5) is 11.5 Å². The molecule has 0 unspecified atom stereocenters. The Morgan fingerprint density at radius 1 is 1.30 bits per heavy atom. The highest BCUT2D eigenvalue weighted by atomic mass is 35.5. The van der Waals surface area contributed by atoms with Crippen molar-refractivity contribution < 1.29 is 0 Å².